The Kier molecular flexibility index (Phi) is 6.06. The number of carbonyl (C=O) groups excluding carboxylic acids is 1. The standard InChI is InChI=1S/C22H24N4O4/c1-2-30-19-8-7-15(23-20(27)14-26-9-11-29-12-10-26)13-17(19)21-24-18-6-4-3-5-16(18)22(28)25-21/h3-8,13H,2,9-12,14H2,1H3,(H,23,27)(H,24,25,28). The number of rotatable bonds is 6. The van der Waals surface area contributed by atoms with Gasteiger partial charge in [0.2, 0.25) is 5.91 Å². The maximum absolute atomic E-state index is 12.5. The van der Waals surface area contributed by atoms with Crippen molar-refractivity contribution < 1.29 is 14.3 Å². The quantitative estimate of drug-likeness (QED) is 0.650. The molecule has 1 aliphatic heterocycles. The molecule has 0 aliphatic carbocycles. The first-order valence-electron chi connectivity index (χ1n) is 10.0. The number of H-pyrrole nitrogens is 1. The van der Waals surface area contributed by atoms with Gasteiger partial charge >= 0.3 is 0 Å². The van der Waals surface area contributed by atoms with Crippen LogP contribution < -0.4 is 15.6 Å². The molecule has 0 radical (unpaired) electrons. The van der Waals surface area contributed by atoms with Gasteiger partial charge in [0.1, 0.15) is 11.6 Å². The van der Waals surface area contributed by atoms with Gasteiger partial charge in [0.05, 0.1) is 42.8 Å². The van der Waals surface area contributed by atoms with Crippen molar-refractivity contribution in [3.05, 3.63) is 52.8 Å². The average molecular weight is 408 g/mol. The molecule has 30 heavy (non-hydrogen) atoms. The Morgan fingerprint density at radius 2 is 2.03 bits per heavy atom. The molecule has 3 aromatic rings. The molecular weight excluding hydrogens is 384 g/mol. The number of benzene rings is 2. The molecule has 156 valence electrons. The third-order valence-electron chi connectivity index (χ3n) is 4.90. The Hall–Kier alpha value is -3.23. The van der Waals surface area contributed by atoms with Crippen molar-refractivity contribution in [3.63, 3.8) is 0 Å². The first-order valence-corrected chi connectivity index (χ1v) is 10.0. The summed E-state index contributed by atoms with van der Waals surface area (Å²) >= 11 is 0. The predicted octanol–water partition coefficient (Wildman–Crippen LogP) is 2.26. The van der Waals surface area contributed by atoms with Gasteiger partial charge in [-0.15, -0.1) is 0 Å². The Balaban J connectivity index is 1.63. The van der Waals surface area contributed by atoms with Crippen molar-refractivity contribution in [1.82, 2.24) is 14.9 Å². The summed E-state index contributed by atoms with van der Waals surface area (Å²) in [5.74, 6) is 0.875. The maximum atomic E-state index is 12.5. The molecule has 1 fully saturated rings. The zero-order valence-corrected chi connectivity index (χ0v) is 16.8. The molecule has 8 heteroatoms. The van der Waals surface area contributed by atoms with Crippen molar-refractivity contribution in [1.29, 1.82) is 0 Å². The number of anilines is 1. The van der Waals surface area contributed by atoms with Crippen LogP contribution in [0.2, 0.25) is 0 Å². The van der Waals surface area contributed by atoms with E-state index in [0.717, 1.165) is 13.1 Å². The van der Waals surface area contributed by atoms with Gasteiger partial charge in [0.15, 0.2) is 0 Å². The van der Waals surface area contributed by atoms with Crippen molar-refractivity contribution >= 4 is 22.5 Å². The number of ether oxygens (including phenoxy) is 2. The first kappa shape index (κ1) is 20.1. The summed E-state index contributed by atoms with van der Waals surface area (Å²) in [7, 11) is 0. The summed E-state index contributed by atoms with van der Waals surface area (Å²) in [6.07, 6.45) is 0. The third-order valence-corrected chi connectivity index (χ3v) is 4.90. The lowest BCUT2D eigenvalue weighted by Crippen LogP contribution is -2.41. The van der Waals surface area contributed by atoms with Crippen LogP contribution >= 0.6 is 0 Å². The topological polar surface area (TPSA) is 96.5 Å². The fourth-order valence-corrected chi connectivity index (χ4v) is 3.45. The highest BCUT2D eigenvalue weighted by atomic mass is 16.5. The number of amides is 1. The van der Waals surface area contributed by atoms with E-state index in [1.807, 2.05) is 13.0 Å². The Labute approximate surface area is 173 Å². The van der Waals surface area contributed by atoms with Gasteiger partial charge < -0.3 is 19.8 Å². The maximum Gasteiger partial charge on any atom is 0.259 e. The van der Waals surface area contributed by atoms with Gasteiger partial charge in [-0.2, -0.15) is 0 Å². The molecule has 0 spiro atoms. The molecule has 4 rings (SSSR count). The molecule has 0 saturated carbocycles. The van der Waals surface area contributed by atoms with Gasteiger partial charge in [-0.1, -0.05) is 12.1 Å². The van der Waals surface area contributed by atoms with Crippen molar-refractivity contribution in [2.75, 3.05) is 44.8 Å². The highest BCUT2D eigenvalue weighted by Gasteiger charge is 2.16. The summed E-state index contributed by atoms with van der Waals surface area (Å²) in [6, 6.07) is 12.5. The van der Waals surface area contributed by atoms with E-state index >= 15 is 0 Å². The van der Waals surface area contributed by atoms with Gasteiger partial charge in [-0.3, -0.25) is 14.5 Å². The van der Waals surface area contributed by atoms with E-state index in [9.17, 15) is 9.59 Å². The van der Waals surface area contributed by atoms with Crippen LogP contribution in [0.5, 0.6) is 5.75 Å². The lowest BCUT2D eigenvalue weighted by molar-refractivity contribution is -0.118. The van der Waals surface area contributed by atoms with Crippen molar-refractivity contribution in [2.45, 2.75) is 6.92 Å². The molecule has 0 atom stereocenters. The smallest absolute Gasteiger partial charge is 0.259 e. The van der Waals surface area contributed by atoms with E-state index in [0.29, 0.717) is 60.1 Å². The normalized spacial score (nSPS) is 14.6. The molecular formula is C22H24N4O4. The minimum atomic E-state index is -0.222. The second-order valence-electron chi connectivity index (χ2n) is 7.01. The number of hydrogen-bond acceptors (Lipinski definition) is 6. The summed E-state index contributed by atoms with van der Waals surface area (Å²) in [5.41, 5.74) is 1.60. The van der Waals surface area contributed by atoms with Crippen LogP contribution in [0.1, 0.15) is 6.92 Å². The molecule has 2 heterocycles. The van der Waals surface area contributed by atoms with Gasteiger partial charge in [0.25, 0.3) is 5.56 Å². The van der Waals surface area contributed by atoms with E-state index < -0.39 is 0 Å². The van der Waals surface area contributed by atoms with E-state index in [1.165, 1.54) is 0 Å². The lowest BCUT2D eigenvalue weighted by atomic mass is 10.1. The van der Waals surface area contributed by atoms with Crippen LogP contribution in [0, 0.1) is 0 Å². The highest BCUT2D eigenvalue weighted by Crippen LogP contribution is 2.31. The lowest BCUT2D eigenvalue weighted by Gasteiger charge is -2.25. The summed E-state index contributed by atoms with van der Waals surface area (Å²) in [6.45, 7) is 5.42. The number of morpholine rings is 1. The summed E-state index contributed by atoms with van der Waals surface area (Å²) < 4.78 is 11.0. The highest BCUT2D eigenvalue weighted by molar-refractivity contribution is 5.93. The number of para-hydroxylation sites is 1. The van der Waals surface area contributed by atoms with Crippen LogP contribution in [0.15, 0.2) is 47.3 Å². The molecule has 8 nitrogen and oxygen atoms in total. The van der Waals surface area contributed by atoms with Gasteiger partial charge in [0, 0.05) is 18.8 Å². The molecule has 0 unspecified atom stereocenters. The second kappa shape index (κ2) is 9.06. The van der Waals surface area contributed by atoms with Gasteiger partial charge in [-0.05, 0) is 37.3 Å². The number of carbonyl (C=O) groups is 1. The minimum absolute atomic E-state index is 0.105. The number of nitrogens with zero attached hydrogens (tertiary/aromatic N) is 2. The second-order valence-corrected chi connectivity index (χ2v) is 7.01. The fourth-order valence-electron chi connectivity index (χ4n) is 3.45. The number of fused-ring (bicyclic) bond motifs is 1. The van der Waals surface area contributed by atoms with E-state index in [2.05, 4.69) is 20.2 Å². The Morgan fingerprint density at radius 1 is 1.23 bits per heavy atom. The Morgan fingerprint density at radius 3 is 2.83 bits per heavy atom. The molecule has 2 N–H and O–H groups in total. The first-order chi connectivity index (χ1) is 14.6. The van der Waals surface area contributed by atoms with Crippen LogP contribution in [0.3, 0.4) is 0 Å². The van der Waals surface area contributed by atoms with Crippen LogP contribution in [0.25, 0.3) is 22.3 Å². The zero-order chi connectivity index (χ0) is 20.9. The van der Waals surface area contributed by atoms with E-state index in [1.54, 1.807) is 36.4 Å². The molecule has 0 bridgehead atoms. The van der Waals surface area contributed by atoms with Crippen LogP contribution in [0.4, 0.5) is 5.69 Å². The SMILES string of the molecule is CCOc1ccc(NC(=O)CN2CCOCC2)cc1-c1nc2ccccc2c(=O)[nH]1. The predicted molar refractivity (Wildman–Crippen MR) is 115 cm³/mol. The molecule has 1 aliphatic rings. The van der Waals surface area contributed by atoms with Crippen LogP contribution in [-0.4, -0.2) is 60.2 Å². The summed E-state index contributed by atoms with van der Waals surface area (Å²) in [4.78, 5) is 34.4. The number of aromatic nitrogens is 2. The largest absolute Gasteiger partial charge is 0.493 e. The monoisotopic (exact) mass is 408 g/mol. The zero-order valence-electron chi connectivity index (χ0n) is 16.8. The van der Waals surface area contributed by atoms with Crippen LogP contribution in [-0.2, 0) is 9.53 Å². The molecule has 1 aromatic heterocycles. The van der Waals surface area contributed by atoms with Crippen molar-refractivity contribution in [2.24, 2.45) is 0 Å². The average Bonchev–Trinajstić information content (AvgIpc) is 2.75. The number of nitrogens with one attached hydrogen (secondary N) is 2. The van der Waals surface area contributed by atoms with Gasteiger partial charge in [-0.25, -0.2) is 4.98 Å². The number of aromatic amines is 1. The fraction of sp³-hybridized carbons (Fsp3) is 0.318. The Bertz CT molecular complexity index is 1110. The molecule has 2 aromatic carbocycles. The van der Waals surface area contributed by atoms with E-state index in [4.69, 9.17) is 9.47 Å². The summed E-state index contributed by atoms with van der Waals surface area (Å²) in [5, 5.41) is 3.45. The van der Waals surface area contributed by atoms with E-state index in [-0.39, 0.29) is 11.5 Å². The molecule has 1 saturated heterocycles. The number of hydrogen-bond donors (Lipinski definition) is 2. The van der Waals surface area contributed by atoms with Crippen molar-refractivity contribution in [3.8, 4) is 17.1 Å². The molecule has 1 amide bonds. The minimum Gasteiger partial charge on any atom is -0.493 e. The third kappa shape index (κ3) is 4.50.